The first-order valence-corrected chi connectivity index (χ1v) is 18.9. The van der Waals surface area contributed by atoms with E-state index in [1.54, 1.807) is 19.6 Å². The number of carbonyl (C=O) groups is 4. The van der Waals surface area contributed by atoms with E-state index in [2.05, 4.69) is 0 Å². The van der Waals surface area contributed by atoms with Gasteiger partial charge in [-0.05, 0) is 24.3 Å². The van der Waals surface area contributed by atoms with E-state index in [-0.39, 0.29) is 76.5 Å². The number of rotatable bonds is 4. The maximum atomic E-state index is 13.0. The summed E-state index contributed by atoms with van der Waals surface area (Å²) in [6.07, 6.45) is -2.77. The number of aromatic nitrogens is 2. The average Bonchev–Trinajstić information content (AvgIpc) is 3.20. The molecular weight excluding hydrogens is 732 g/mol. The lowest BCUT2D eigenvalue weighted by Crippen LogP contribution is -2.61. The predicted octanol–water partition coefficient (Wildman–Crippen LogP) is -0.150. The SMILES string of the molecule is CO[C@@H]1C(=O)N2CCOCCOCCN3C(=O)[C@H](OC)[C@@H]3c3cccc(n3)[C@@H]3[C@H](OC)C(=O)N3CCOCCOCCN3C(=O)[C@H](OC)[C@@H]3c3cccc(n3)[C@H]12. The molecule has 5 aliphatic rings. The number of fused-ring (bicyclic) bond motifs is 12. The van der Waals surface area contributed by atoms with E-state index < -0.39 is 48.6 Å². The van der Waals surface area contributed by atoms with Gasteiger partial charge in [0.2, 0.25) is 0 Å². The number of pyridine rings is 2. The van der Waals surface area contributed by atoms with Gasteiger partial charge in [-0.15, -0.1) is 0 Å². The van der Waals surface area contributed by atoms with Crippen molar-refractivity contribution in [1.82, 2.24) is 29.6 Å². The monoisotopic (exact) mass is 782 g/mol. The van der Waals surface area contributed by atoms with Gasteiger partial charge in [-0.25, -0.2) is 0 Å². The zero-order chi connectivity index (χ0) is 39.3. The quantitative estimate of drug-likeness (QED) is 0.374. The Hall–Kier alpha value is -4.14. The number of hydrogen-bond donors (Lipinski definition) is 0. The third-order valence-electron chi connectivity index (χ3n) is 11.1. The molecule has 4 amide bonds. The Balaban J connectivity index is 1.04. The van der Waals surface area contributed by atoms with Crippen LogP contribution in [0.1, 0.15) is 46.9 Å². The molecule has 2 aromatic rings. The molecule has 0 saturated carbocycles. The lowest BCUT2D eigenvalue weighted by molar-refractivity contribution is -0.175. The number of ether oxygens (including phenoxy) is 8. The number of carbonyl (C=O) groups excluding carboxylic acids is 4. The fourth-order valence-electron chi connectivity index (χ4n) is 8.13. The van der Waals surface area contributed by atoms with Crippen LogP contribution in [0.5, 0.6) is 0 Å². The lowest BCUT2D eigenvalue weighted by Gasteiger charge is -2.47. The van der Waals surface area contributed by atoms with Crippen LogP contribution in [0.2, 0.25) is 0 Å². The molecule has 7 heterocycles. The van der Waals surface area contributed by atoms with Crippen molar-refractivity contribution in [3.63, 3.8) is 0 Å². The summed E-state index contributed by atoms with van der Waals surface area (Å²) in [5.74, 6) is -0.641. The normalized spacial score (nSPS) is 31.1. The van der Waals surface area contributed by atoms with Crippen molar-refractivity contribution in [2.75, 3.05) is 107 Å². The second-order valence-corrected chi connectivity index (χ2v) is 14.0. The largest absolute Gasteiger partial charge is 0.377 e. The van der Waals surface area contributed by atoms with Gasteiger partial charge >= 0.3 is 0 Å². The van der Waals surface area contributed by atoms with Crippen LogP contribution in [0.4, 0.5) is 0 Å². The molecule has 0 aliphatic carbocycles. The highest BCUT2D eigenvalue weighted by atomic mass is 16.5. The highest BCUT2D eigenvalue weighted by molar-refractivity contribution is 5.90. The molecule has 7 rings (SSSR count). The molecule has 0 radical (unpaired) electrons. The molecule has 0 N–H and O–H groups in total. The maximum Gasteiger partial charge on any atom is 0.255 e. The minimum absolute atomic E-state index is 0.160. The first-order valence-electron chi connectivity index (χ1n) is 18.9. The third-order valence-corrected chi connectivity index (χ3v) is 11.1. The predicted molar refractivity (Wildman–Crippen MR) is 193 cm³/mol. The molecule has 8 atom stereocenters. The smallest absolute Gasteiger partial charge is 0.255 e. The second-order valence-electron chi connectivity index (χ2n) is 14.0. The third kappa shape index (κ3) is 7.51. The first kappa shape index (κ1) is 40.1. The van der Waals surface area contributed by atoms with Crippen molar-refractivity contribution in [2.24, 2.45) is 0 Å². The van der Waals surface area contributed by atoms with Crippen molar-refractivity contribution in [3.8, 4) is 0 Å². The Bertz CT molecular complexity index is 1500. The van der Waals surface area contributed by atoms with E-state index in [0.29, 0.717) is 49.0 Å². The standard InChI is InChI=1S/C38H50N6O12/c1-49-31-27-23-7-5-8-24(39-23)28-32(50-2)36(46)42(28)12-16-55-21-22-56-18-14-44-30(34(52-4)38(44)48)26-10-6-9-25(40-26)29-33(51-3)37(47)43(29)13-17-54-20-19-53-15-11-41(27)35(31)45/h5-10,27-34H,11-22H2,1-4H3/t27-,28+,29+,30-,31+,32-,33-,34+. The zero-order valence-electron chi connectivity index (χ0n) is 32.2. The minimum atomic E-state index is -0.693. The highest BCUT2D eigenvalue weighted by Crippen LogP contribution is 2.41. The number of amides is 4. The zero-order valence-corrected chi connectivity index (χ0v) is 32.2. The van der Waals surface area contributed by atoms with Crippen LogP contribution in [0.15, 0.2) is 36.4 Å². The summed E-state index contributed by atoms with van der Waals surface area (Å²) >= 11 is 0. The van der Waals surface area contributed by atoms with Gasteiger partial charge in [-0.2, -0.15) is 0 Å². The summed E-state index contributed by atoms with van der Waals surface area (Å²) in [5, 5.41) is 0. The van der Waals surface area contributed by atoms with Gasteiger partial charge in [0.05, 0.1) is 75.6 Å². The van der Waals surface area contributed by atoms with Crippen LogP contribution < -0.4 is 0 Å². The van der Waals surface area contributed by atoms with Gasteiger partial charge in [0.15, 0.2) is 24.4 Å². The number of β-lactam (4-membered cyclic amide) rings is 4. The first-order chi connectivity index (χ1) is 27.3. The van der Waals surface area contributed by atoms with E-state index in [9.17, 15) is 19.2 Å². The van der Waals surface area contributed by atoms with Gasteiger partial charge in [0.1, 0.15) is 24.2 Å². The van der Waals surface area contributed by atoms with Crippen LogP contribution in [0, 0.1) is 0 Å². The van der Waals surface area contributed by atoms with Gasteiger partial charge in [0, 0.05) is 54.6 Å². The summed E-state index contributed by atoms with van der Waals surface area (Å²) in [6, 6.07) is 9.36. The molecule has 0 aromatic carbocycles. The van der Waals surface area contributed by atoms with Crippen LogP contribution in [0.3, 0.4) is 0 Å². The fourth-order valence-corrected chi connectivity index (χ4v) is 8.13. The van der Waals surface area contributed by atoms with Gasteiger partial charge in [-0.1, -0.05) is 12.1 Å². The van der Waals surface area contributed by atoms with Crippen molar-refractivity contribution >= 4 is 23.6 Å². The maximum absolute atomic E-state index is 13.0. The number of nitrogens with zero attached hydrogens (tertiary/aromatic N) is 6. The van der Waals surface area contributed by atoms with E-state index in [1.165, 1.54) is 28.4 Å². The average molecular weight is 783 g/mol. The van der Waals surface area contributed by atoms with Gasteiger partial charge in [-0.3, -0.25) is 29.1 Å². The Morgan fingerprint density at radius 1 is 0.429 bits per heavy atom. The minimum Gasteiger partial charge on any atom is -0.377 e. The van der Waals surface area contributed by atoms with Crippen LogP contribution in [0.25, 0.3) is 0 Å². The van der Waals surface area contributed by atoms with E-state index in [0.717, 1.165) is 0 Å². The van der Waals surface area contributed by atoms with Crippen LogP contribution in [-0.4, -0.2) is 185 Å². The molecule has 56 heavy (non-hydrogen) atoms. The van der Waals surface area contributed by atoms with Crippen molar-refractivity contribution in [2.45, 2.75) is 48.6 Å². The van der Waals surface area contributed by atoms with Crippen LogP contribution in [-0.2, 0) is 57.1 Å². The van der Waals surface area contributed by atoms with Crippen LogP contribution >= 0.6 is 0 Å². The Morgan fingerprint density at radius 3 is 0.875 bits per heavy atom. The van der Waals surface area contributed by atoms with E-state index in [1.807, 2.05) is 36.4 Å². The van der Waals surface area contributed by atoms with Crippen molar-refractivity contribution in [3.05, 3.63) is 59.2 Å². The van der Waals surface area contributed by atoms with E-state index in [4.69, 9.17) is 47.9 Å². The number of methoxy groups -OCH3 is 4. The molecule has 18 nitrogen and oxygen atoms in total. The van der Waals surface area contributed by atoms with Crippen molar-refractivity contribution in [1.29, 1.82) is 0 Å². The molecule has 0 spiro atoms. The molecule has 5 aliphatic heterocycles. The summed E-state index contributed by atoms with van der Waals surface area (Å²) in [5.41, 5.74) is 2.56. The molecule has 4 fully saturated rings. The van der Waals surface area contributed by atoms with E-state index >= 15 is 0 Å². The molecule has 4 saturated heterocycles. The molecule has 4 bridgehead atoms. The highest BCUT2D eigenvalue weighted by Gasteiger charge is 2.53. The molecule has 0 unspecified atom stereocenters. The topological polar surface area (TPSA) is 181 Å². The second kappa shape index (κ2) is 18.0. The molecule has 2 aromatic heterocycles. The Morgan fingerprint density at radius 2 is 0.661 bits per heavy atom. The lowest BCUT2D eigenvalue weighted by atomic mass is 9.91. The molecule has 18 heteroatoms. The fraction of sp³-hybridized carbons (Fsp3) is 0.632. The Labute approximate surface area is 325 Å². The molecular formula is C38H50N6O12. The number of hydrogen-bond acceptors (Lipinski definition) is 14. The summed E-state index contributed by atoms with van der Waals surface area (Å²) in [7, 11) is 5.99. The van der Waals surface area contributed by atoms with Crippen molar-refractivity contribution < 1.29 is 57.1 Å². The summed E-state index contributed by atoms with van der Waals surface area (Å²) in [6.45, 7) is 3.46. The molecule has 304 valence electrons. The Kier molecular flexibility index (Phi) is 12.9. The van der Waals surface area contributed by atoms with Gasteiger partial charge < -0.3 is 57.5 Å². The van der Waals surface area contributed by atoms with Gasteiger partial charge in [0.25, 0.3) is 23.6 Å². The summed E-state index contributed by atoms with van der Waals surface area (Å²) < 4.78 is 45.5. The summed E-state index contributed by atoms with van der Waals surface area (Å²) in [4.78, 5) is 68.6.